The molecule has 5 heteroatoms. The van der Waals surface area contributed by atoms with Gasteiger partial charge in [0.05, 0.1) is 11.6 Å². The van der Waals surface area contributed by atoms with Gasteiger partial charge in [0.2, 0.25) is 11.8 Å². The number of hydrogen-bond donors (Lipinski definition) is 2. The fraction of sp³-hybridized carbons (Fsp3) is 0.250. The monoisotopic (exact) mass is 280 g/mol. The lowest BCUT2D eigenvalue weighted by Gasteiger charge is -2.22. The Labute approximate surface area is 123 Å². The van der Waals surface area contributed by atoms with Crippen molar-refractivity contribution in [2.45, 2.75) is 26.2 Å². The molecule has 1 aliphatic heterocycles. The summed E-state index contributed by atoms with van der Waals surface area (Å²) >= 11 is 0. The summed E-state index contributed by atoms with van der Waals surface area (Å²) < 4.78 is 5.45. The number of rotatable bonds is 2. The summed E-state index contributed by atoms with van der Waals surface area (Å²) in [7, 11) is 0. The maximum absolute atomic E-state index is 9.42. The Morgan fingerprint density at radius 3 is 2.71 bits per heavy atom. The third-order valence-electron chi connectivity index (χ3n) is 3.71. The molecule has 3 N–H and O–H groups in total. The summed E-state index contributed by atoms with van der Waals surface area (Å²) in [6.07, 6.45) is 0.978. The number of nitrogens with two attached hydrogens (primary N) is 1. The van der Waals surface area contributed by atoms with Crippen LogP contribution in [0.4, 0.5) is 0 Å². The first-order chi connectivity index (χ1) is 10.1. The molecule has 0 amide bonds. The fourth-order valence-corrected chi connectivity index (χ4v) is 2.61. The van der Waals surface area contributed by atoms with Crippen LogP contribution in [-0.4, -0.2) is 9.97 Å². The van der Waals surface area contributed by atoms with Crippen molar-refractivity contribution in [3.05, 3.63) is 58.4 Å². The number of aromatic amines is 1. The zero-order chi connectivity index (χ0) is 15.0. The van der Waals surface area contributed by atoms with Gasteiger partial charge in [0.25, 0.3) is 0 Å². The Morgan fingerprint density at radius 2 is 2.10 bits per heavy atom. The van der Waals surface area contributed by atoms with Gasteiger partial charge in [-0.1, -0.05) is 31.2 Å². The lowest BCUT2D eigenvalue weighted by molar-refractivity contribution is 0.379. The summed E-state index contributed by atoms with van der Waals surface area (Å²) in [4.78, 5) is 7.46. The second-order valence-electron chi connectivity index (χ2n) is 5.06. The minimum Gasteiger partial charge on any atom is -0.420 e. The SMILES string of the molecule is CCc1ccc(C2C(C#N)=C(N)Oc3nc(C)[nH]c32)cc1. The van der Waals surface area contributed by atoms with Gasteiger partial charge in [0, 0.05) is 0 Å². The van der Waals surface area contributed by atoms with Crippen LogP contribution < -0.4 is 10.5 Å². The van der Waals surface area contributed by atoms with Crippen LogP contribution in [0.2, 0.25) is 0 Å². The predicted molar refractivity (Wildman–Crippen MR) is 78.4 cm³/mol. The van der Waals surface area contributed by atoms with Crippen molar-refractivity contribution in [3.8, 4) is 11.9 Å². The second kappa shape index (κ2) is 4.98. The first-order valence-corrected chi connectivity index (χ1v) is 6.87. The first-order valence-electron chi connectivity index (χ1n) is 6.87. The van der Waals surface area contributed by atoms with Crippen LogP contribution in [-0.2, 0) is 6.42 Å². The Bertz CT molecular complexity index is 750. The van der Waals surface area contributed by atoms with Crippen molar-refractivity contribution in [1.29, 1.82) is 5.26 Å². The van der Waals surface area contributed by atoms with E-state index in [4.69, 9.17) is 10.5 Å². The van der Waals surface area contributed by atoms with Gasteiger partial charge in [-0.15, -0.1) is 0 Å². The van der Waals surface area contributed by atoms with Crippen molar-refractivity contribution in [2.75, 3.05) is 0 Å². The highest BCUT2D eigenvalue weighted by Gasteiger charge is 2.33. The minimum atomic E-state index is -0.258. The highest BCUT2D eigenvalue weighted by molar-refractivity contribution is 5.51. The number of aromatic nitrogens is 2. The van der Waals surface area contributed by atoms with E-state index in [1.54, 1.807) is 0 Å². The predicted octanol–water partition coefficient (Wildman–Crippen LogP) is 2.50. The van der Waals surface area contributed by atoms with Crippen molar-refractivity contribution in [3.63, 3.8) is 0 Å². The van der Waals surface area contributed by atoms with Crippen molar-refractivity contribution >= 4 is 0 Å². The van der Waals surface area contributed by atoms with E-state index < -0.39 is 0 Å². The number of imidazole rings is 1. The Balaban J connectivity index is 2.14. The number of hydrogen-bond acceptors (Lipinski definition) is 4. The van der Waals surface area contributed by atoms with Crippen LogP contribution in [0.1, 0.15) is 35.5 Å². The van der Waals surface area contributed by atoms with Gasteiger partial charge in [-0.25, -0.2) is 0 Å². The van der Waals surface area contributed by atoms with E-state index in [0.29, 0.717) is 11.5 Å². The number of nitrogens with zero attached hydrogens (tertiary/aromatic N) is 2. The van der Waals surface area contributed by atoms with E-state index in [2.05, 4.69) is 35.1 Å². The number of benzene rings is 1. The van der Waals surface area contributed by atoms with Crippen molar-refractivity contribution < 1.29 is 4.74 Å². The third kappa shape index (κ3) is 2.15. The molecule has 0 aliphatic carbocycles. The average molecular weight is 280 g/mol. The molecule has 2 heterocycles. The maximum Gasteiger partial charge on any atom is 0.243 e. The molecule has 3 rings (SSSR count). The number of fused-ring (bicyclic) bond motifs is 1. The number of nitrogens with one attached hydrogen (secondary N) is 1. The number of allylic oxidation sites excluding steroid dienone is 1. The highest BCUT2D eigenvalue weighted by atomic mass is 16.5. The topological polar surface area (TPSA) is 87.7 Å². The minimum absolute atomic E-state index is 0.126. The molecule has 106 valence electrons. The van der Waals surface area contributed by atoms with Gasteiger partial charge in [-0.05, 0) is 24.5 Å². The summed E-state index contributed by atoms with van der Waals surface area (Å²) in [5, 5.41) is 9.42. The molecule has 1 unspecified atom stereocenters. The van der Waals surface area contributed by atoms with Crippen LogP contribution in [0.5, 0.6) is 5.88 Å². The van der Waals surface area contributed by atoms with Gasteiger partial charge in [0.1, 0.15) is 17.5 Å². The van der Waals surface area contributed by atoms with E-state index in [9.17, 15) is 5.26 Å². The average Bonchev–Trinajstić information content (AvgIpc) is 2.85. The molecular formula is C16H16N4O. The van der Waals surface area contributed by atoms with E-state index in [0.717, 1.165) is 23.5 Å². The van der Waals surface area contributed by atoms with E-state index in [1.807, 2.05) is 19.1 Å². The molecule has 1 atom stereocenters. The number of nitriles is 1. The van der Waals surface area contributed by atoms with Crippen molar-refractivity contribution in [2.24, 2.45) is 5.73 Å². The molecule has 1 aromatic heterocycles. The van der Waals surface area contributed by atoms with E-state index in [1.165, 1.54) is 5.56 Å². The Morgan fingerprint density at radius 1 is 1.38 bits per heavy atom. The molecule has 0 saturated heterocycles. The largest absolute Gasteiger partial charge is 0.420 e. The Kier molecular flexibility index (Phi) is 3.15. The molecule has 0 radical (unpaired) electrons. The molecule has 1 aliphatic rings. The third-order valence-corrected chi connectivity index (χ3v) is 3.71. The number of aryl methyl sites for hydroxylation is 2. The first kappa shape index (κ1) is 13.3. The van der Waals surface area contributed by atoms with Gasteiger partial charge < -0.3 is 15.5 Å². The van der Waals surface area contributed by atoms with Gasteiger partial charge >= 0.3 is 0 Å². The summed E-state index contributed by atoms with van der Waals surface area (Å²) in [5.74, 6) is 1.06. The molecule has 2 aromatic rings. The van der Waals surface area contributed by atoms with E-state index >= 15 is 0 Å². The molecule has 0 saturated carbocycles. The van der Waals surface area contributed by atoms with E-state index in [-0.39, 0.29) is 11.8 Å². The lowest BCUT2D eigenvalue weighted by atomic mass is 9.87. The van der Waals surface area contributed by atoms with Gasteiger partial charge in [-0.2, -0.15) is 10.2 Å². The molecule has 5 nitrogen and oxygen atoms in total. The summed E-state index contributed by atoms with van der Waals surface area (Å²) in [6.45, 7) is 3.96. The van der Waals surface area contributed by atoms with Crippen molar-refractivity contribution in [1.82, 2.24) is 9.97 Å². The molecular weight excluding hydrogens is 264 g/mol. The molecule has 1 aromatic carbocycles. The van der Waals surface area contributed by atoms with Gasteiger partial charge in [-0.3, -0.25) is 0 Å². The highest BCUT2D eigenvalue weighted by Crippen LogP contribution is 2.40. The molecule has 0 fully saturated rings. The van der Waals surface area contributed by atoms with Crippen LogP contribution in [0.15, 0.2) is 35.7 Å². The standard InChI is InChI=1S/C16H16N4O/c1-3-10-4-6-11(7-5-10)13-12(8-17)15(18)21-16-14(13)19-9(2)20-16/h4-7,13H,3,18H2,1-2H3,(H,19,20). The molecule has 0 spiro atoms. The maximum atomic E-state index is 9.42. The van der Waals surface area contributed by atoms with Crippen LogP contribution in [0, 0.1) is 18.3 Å². The zero-order valence-electron chi connectivity index (χ0n) is 12.0. The number of H-pyrrole nitrogens is 1. The summed E-state index contributed by atoms with van der Waals surface area (Å²) in [5.41, 5.74) is 9.32. The van der Waals surface area contributed by atoms with Crippen LogP contribution >= 0.6 is 0 Å². The fourth-order valence-electron chi connectivity index (χ4n) is 2.61. The normalized spacial score (nSPS) is 17.1. The lowest BCUT2D eigenvalue weighted by Crippen LogP contribution is -2.21. The zero-order valence-corrected chi connectivity index (χ0v) is 12.0. The quantitative estimate of drug-likeness (QED) is 0.884. The number of ether oxygens (including phenoxy) is 1. The Hall–Kier alpha value is -2.74. The second-order valence-corrected chi connectivity index (χ2v) is 5.06. The van der Waals surface area contributed by atoms with Crippen LogP contribution in [0.3, 0.4) is 0 Å². The smallest absolute Gasteiger partial charge is 0.243 e. The molecule has 0 bridgehead atoms. The molecule has 21 heavy (non-hydrogen) atoms. The van der Waals surface area contributed by atoms with Gasteiger partial charge in [0.15, 0.2) is 0 Å². The summed E-state index contributed by atoms with van der Waals surface area (Å²) in [6, 6.07) is 10.4. The van der Waals surface area contributed by atoms with Crippen LogP contribution in [0.25, 0.3) is 0 Å².